The molecular weight excluding hydrogens is 329 g/mol. The Bertz CT molecular complexity index is 730. The molecule has 0 atom stereocenters. The lowest BCUT2D eigenvalue weighted by Gasteiger charge is -2.32. The molecule has 1 saturated heterocycles. The first kappa shape index (κ1) is 17.3. The number of benzene rings is 2. The molecule has 0 radical (unpaired) electrons. The molecule has 0 amide bonds. The first-order chi connectivity index (χ1) is 11.2. The third-order valence-corrected chi connectivity index (χ3v) is 4.86. The maximum Gasteiger partial charge on any atom is 0.496 e. The van der Waals surface area contributed by atoms with Gasteiger partial charge in [-0.2, -0.15) is 0 Å². The van der Waals surface area contributed by atoms with Crippen LogP contribution in [0.15, 0.2) is 42.5 Å². The van der Waals surface area contributed by atoms with E-state index in [2.05, 4.69) is 0 Å². The largest absolute Gasteiger partial charge is 0.496 e. The summed E-state index contributed by atoms with van der Waals surface area (Å²) in [5.74, 6) is 0.791. The third kappa shape index (κ3) is 3.29. The van der Waals surface area contributed by atoms with Crippen molar-refractivity contribution >= 4 is 24.2 Å². The van der Waals surface area contributed by atoms with Gasteiger partial charge in [0.05, 0.1) is 11.2 Å². The summed E-state index contributed by atoms with van der Waals surface area (Å²) in [6.07, 6.45) is 0. The molecule has 2 aromatic rings. The van der Waals surface area contributed by atoms with Gasteiger partial charge in [0.1, 0.15) is 17.3 Å². The molecule has 1 aliphatic rings. The average Bonchev–Trinajstić information content (AvgIpc) is 2.70. The Kier molecular flexibility index (Phi) is 4.37. The van der Waals surface area contributed by atoms with Gasteiger partial charge in [0.15, 0.2) is 0 Å². The minimum Gasteiger partial charge on any atom is -0.457 e. The molecule has 1 fully saturated rings. The van der Waals surface area contributed by atoms with Gasteiger partial charge in [-0.1, -0.05) is 17.7 Å². The van der Waals surface area contributed by atoms with Crippen LogP contribution in [0.3, 0.4) is 0 Å². The van der Waals surface area contributed by atoms with E-state index in [0.29, 0.717) is 16.5 Å². The molecule has 0 aliphatic carbocycles. The molecule has 126 valence electrons. The van der Waals surface area contributed by atoms with Crippen molar-refractivity contribution in [2.45, 2.75) is 38.9 Å². The van der Waals surface area contributed by atoms with E-state index in [1.807, 2.05) is 33.8 Å². The van der Waals surface area contributed by atoms with Crippen LogP contribution in [-0.4, -0.2) is 18.3 Å². The Morgan fingerprint density at radius 3 is 2.00 bits per heavy atom. The highest BCUT2D eigenvalue weighted by molar-refractivity contribution is 6.65. The standard InChI is InChI=1S/C18H19BClFO3/c1-17(2)18(3,4)24-19(23-17)15-10-9-14(11-16(15)20)22-13-7-5-12(21)6-8-13/h5-11H,1-4H3. The molecule has 0 spiro atoms. The van der Waals surface area contributed by atoms with Crippen LogP contribution in [0.2, 0.25) is 5.02 Å². The second kappa shape index (κ2) is 6.06. The Balaban J connectivity index is 1.79. The molecule has 3 nitrogen and oxygen atoms in total. The fourth-order valence-electron chi connectivity index (χ4n) is 2.37. The molecule has 0 bridgehead atoms. The van der Waals surface area contributed by atoms with Crippen LogP contribution in [0.25, 0.3) is 0 Å². The lowest BCUT2D eigenvalue weighted by Crippen LogP contribution is -2.41. The molecule has 6 heteroatoms. The Labute approximate surface area is 146 Å². The van der Waals surface area contributed by atoms with Gasteiger partial charge in [0.25, 0.3) is 0 Å². The van der Waals surface area contributed by atoms with Crippen LogP contribution >= 0.6 is 11.6 Å². The van der Waals surface area contributed by atoms with E-state index in [0.717, 1.165) is 5.46 Å². The third-order valence-electron chi connectivity index (χ3n) is 4.53. The van der Waals surface area contributed by atoms with E-state index in [1.54, 1.807) is 24.3 Å². The van der Waals surface area contributed by atoms with Crippen molar-refractivity contribution in [2.75, 3.05) is 0 Å². The number of halogens is 2. The van der Waals surface area contributed by atoms with Gasteiger partial charge in [-0.25, -0.2) is 4.39 Å². The van der Waals surface area contributed by atoms with Gasteiger partial charge in [-0.05, 0) is 64.1 Å². The van der Waals surface area contributed by atoms with Crippen LogP contribution in [0, 0.1) is 5.82 Å². The minimum absolute atomic E-state index is 0.309. The van der Waals surface area contributed by atoms with Crippen molar-refractivity contribution in [3.63, 3.8) is 0 Å². The molecule has 0 saturated carbocycles. The molecule has 0 N–H and O–H groups in total. The second-order valence-corrected chi connectivity index (χ2v) is 7.23. The normalized spacial score (nSPS) is 18.7. The van der Waals surface area contributed by atoms with Gasteiger partial charge < -0.3 is 14.0 Å². The summed E-state index contributed by atoms with van der Waals surface area (Å²) >= 11 is 6.39. The zero-order valence-electron chi connectivity index (χ0n) is 14.1. The van der Waals surface area contributed by atoms with Crippen molar-refractivity contribution in [2.24, 2.45) is 0 Å². The SMILES string of the molecule is CC1(C)OB(c2ccc(Oc3ccc(F)cc3)cc2Cl)OC1(C)C. The predicted octanol–water partition coefficient (Wildman–Crippen LogP) is 4.57. The second-order valence-electron chi connectivity index (χ2n) is 6.83. The first-order valence-corrected chi connectivity index (χ1v) is 8.14. The van der Waals surface area contributed by atoms with Crippen LogP contribution < -0.4 is 10.2 Å². The zero-order chi connectivity index (χ0) is 17.5. The van der Waals surface area contributed by atoms with Gasteiger partial charge >= 0.3 is 7.12 Å². The van der Waals surface area contributed by atoms with Crippen molar-refractivity contribution < 1.29 is 18.4 Å². The minimum atomic E-state index is -0.526. The Morgan fingerprint density at radius 1 is 0.917 bits per heavy atom. The smallest absolute Gasteiger partial charge is 0.457 e. The number of rotatable bonds is 3. The Hall–Kier alpha value is -1.56. The molecule has 0 unspecified atom stereocenters. The van der Waals surface area contributed by atoms with Gasteiger partial charge in [-0.3, -0.25) is 0 Å². The number of ether oxygens (including phenoxy) is 1. The highest BCUT2D eigenvalue weighted by atomic mass is 35.5. The maximum absolute atomic E-state index is 12.9. The quantitative estimate of drug-likeness (QED) is 0.760. The molecule has 3 rings (SSSR count). The average molecular weight is 349 g/mol. The first-order valence-electron chi connectivity index (χ1n) is 7.76. The van der Waals surface area contributed by atoms with Crippen molar-refractivity contribution in [3.8, 4) is 11.5 Å². The van der Waals surface area contributed by atoms with Gasteiger partial charge in [0, 0.05) is 10.5 Å². The van der Waals surface area contributed by atoms with Gasteiger partial charge in [-0.15, -0.1) is 0 Å². The van der Waals surface area contributed by atoms with Crippen molar-refractivity contribution in [1.82, 2.24) is 0 Å². The fourth-order valence-corrected chi connectivity index (χ4v) is 2.63. The summed E-state index contributed by atoms with van der Waals surface area (Å²) in [5.41, 5.74) is -0.101. The van der Waals surface area contributed by atoms with E-state index in [1.165, 1.54) is 12.1 Å². The van der Waals surface area contributed by atoms with E-state index in [9.17, 15) is 4.39 Å². The summed E-state index contributed by atoms with van der Waals surface area (Å²) < 4.78 is 30.6. The monoisotopic (exact) mass is 348 g/mol. The molecule has 1 heterocycles. The van der Waals surface area contributed by atoms with E-state index >= 15 is 0 Å². The zero-order valence-corrected chi connectivity index (χ0v) is 14.9. The van der Waals surface area contributed by atoms with Gasteiger partial charge in [0.2, 0.25) is 0 Å². The summed E-state index contributed by atoms with van der Waals surface area (Å²) in [5, 5.41) is 0.494. The predicted molar refractivity (Wildman–Crippen MR) is 93.6 cm³/mol. The van der Waals surface area contributed by atoms with Crippen LogP contribution in [0.5, 0.6) is 11.5 Å². The molecule has 0 aromatic heterocycles. The van der Waals surface area contributed by atoms with Crippen LogP contribution in [-0.2, 0) is 9.31 Å². The van der Waals surface area contributed by atoms with Crippen molar-refractivity contribution in [1.29, 1.82) is 0 Å². The summed E-state index contributed by atoms with van der Waals surface area (Å²) in [7, 11) is -0.526. The number of hydrogen-bond acceptors (Lipinski definition) is 3. The van der Waals surface area contributed by atoms with Crippen LogP contribution in [0.4, 0.5) is 4.39 Å². The lowest BCUT2D eigenvalue weighted by molar-refractivity contribution is 0.00578. The highest BCUT2D eigenvalue weighted by Crippen LogP contribution is 2.37. The molecule has 2 aromatic carbocycles. The number of hydrogen-bond donors (Lipinski definition) is 0. The lowest BCUT2D eigenvalue weighted by atomic mass is 9.79. The van der Waals surface area contributed by atoms with E-state index in [-0.39, 0.29) is 5.82 Å². The molecular formula is C18H19BClFO3. The van der Waals surface area contributed by atoms with E-state index in [4.69, 9.17) is 25.6 Å². The van der Waals surface area contributed by atoms with Crippen LogP contribution in [0.1, 0.15) is 27.7 Å². The topological polar surface area (TPSA) is 27.7 Å². The summed E-state index contributed by atoms with van der Waals surface area (Å²) in [4.78, 5) is 0. The molecule has 24 heavy (non-hydrogen) atoms. The summed E-state index contributed by atoms with van der Waals surface area (Å²) in [6.45, 7) is 7.97. The summed E-state index contributed by atoms with van der Waals surface area (Å²) in [6, 6.07) is 11.1. The Morgan fingerprint density at radius 2 is 1.46 bits per heavy atom. The fraction of sp³-hybridized carbons (Fsp3) is 0.333. The van der Waals surface area contributed by atoms with E-state index < -0.39 is 18.3 Å². The highest BCUT2D eigenvalue weighted by Gasteiger charge is 2.52. The van der Waals surface area contributed by atoms with Crippen molar-refractivity contribution in [3.05, 3.63) is 53.3 Å². The maximum atomic E-state index is 12.9. The molecule has 1 aliphatic heterocycles.